The third-order valence-corrected chi connectivity index (χ3v) is 3.38. The van der Waals surface area contributed by atoms with Gasteiger partial charge in [-0.2, -0.15) is 0 Å². The van der Waals surface area contributed by atoms with Gasteiger partial charge in [-0.3, -0.25) is 0 Å². The van der Waals surface area contributed by atoms with Crippen molar-refractivity contribution in [1.82, 2.24) is 9.55 Å². The summed E-state index contributed by atoms with van der Waals surface area (Å²) in [5.74, 6) is 0. The van der Waals surface area contributed by atoms with Crippen LogP contribution in [0.25, 0.3) is 11.0 Å². The maximum absolute atomic E-state index is 9.07. The average molecular weight is 232 g/mol. The summed E-state index contributed by atoms with van der Waals surface area (Å²) in [6.45, 7) is 1.68. The molecule has 4 heteroatoms. The van der Waals surface area contributed by atoms with E-state index in [2.05, 4.69) is 15.7 Å². The van der Waals surface area contributed by atoms with Crippen LogP contribution in [-0.2, 0) is 11.3 Å². The van der Waals surface area contributed by atoms with Crippen molar-refractivity contribution < 1.29 is 9.84 Å². The summed E-state index contributed by atoms with van der Waals surface area (Å²) in [4.78, 5) is 4.41. The topological polar surface area (TPSA) is 47.3 Å². The van der Waals surface area contributed by atoms with E-state index in [1.807, 2.05) is 18.2 Å². The summed E-state index contributed by atoms with van der Waals surface area (Å²) in [6, 6.07) is 6.47. The van der Waals surface area contributed by atoms with Gasteiger partial charge >= 0.3 is 0 Å². The molecule has 2 aromatic rings. The van der Waals surface area contributed by atoms with Crippen molar-refractivity contribution in [2.75, 3.05) is 13.2 Å². The van der Waals surface area contributed by atoms with Crippen molar-refractivity contribution in [1.29, 1.82) is 0 Å². The third kappa shape index (κ3) is 1.94. The van der Waals surface area contributed by atoms with E-state index < -0.39 is 0 Å². The molecule has 1 N–H and O–H groups in total. The number of aromatic nitrogens is 2. The number of pyridine rings is 1. The number of rotatable bonds is 2. The number of aliphatic hydroxyl groups excluding tert-OH is 1. The fraction of sp³-hybridized carbons (Fsp3) is 0.462. The number of fused-ring (bicyclic) bond motifs is 1. The van der Waals surface area contributed by atoms with Crippen LogP contribution in [-0.4, -0.2) is 27.9 Å². The Bertz CT molecular complexity index is 515. The molecule has 0 atom stereocenters. The molecule has 2 aromatic heterocycles. The molecule has 17 heavy (non-hydrogen) atoms. The molecule has 3 rings (SSSR count). The summed E-state index contributed by atoms with van der Waals surface area (Å²) in [5, 5.41) is 9.07. The number of aliphatic hydroxyl groups is 1. The molecule has 1 fully saturated rings. The monoisotopic (exact) mass is 232 g/mol. The maximum atomic E-state index is 9.07. The van der Waals surface area contributed by atoms with Crippen molar-refractivity contribution in [3.8, 4) is 0 Å². The Kier molecular flexibility index (Phi) is 2.82. The fourth-order valence-electron chi connectivity index (χ4n) is 2.45. The first-order chi connectivity index (χ1) is 8.38. The van der Waals surface area contributed by atoms with Gasteiger partial charge in [0.2, 0.25) is 0 Å². The number of ether oxygens (including phenoxy) is 1. The first-order valence-electron chi connectivity index (χ1n) is 6.03. The lowest BCUT2D eigenvalue weighted by atomic mass is 10.1. The second-order valence-electron chi connectivity index (χ2n) is 4.43. The van der Waals surface area contributed by atoms with Gasteiger partial charge in [0.1, 0.15) is 0 Å². The zero-order chi connectivity index (χ0) is 11.7. The lowest BCUT2D eigenvalue weighted by molar-refractivity contribution is 0.0707. The molecule has 0 radical (unpaired) electrons. The molecule has 0 aliphatic carbocycles. The molecule has 90 valence electrons. The van der Waals surface area contributed by atoms with Crippen molar-refractivity contribution in [2.45, 2.75) is 25.5 Å². The van der Waals surface area contributed by atoms with E-state index >= 15 is 0 Å². The number of hydrogen-bond donors (Lipinski definition) is 1. The molecule has 3 heterocycles. The Morgan fingerprint density at radius 2 is 2.12 bits per heavy atom. The molecule has 1 saturated heterocycles. The van der Waals surface area contributed by atoms with Crippen LogP contribution in [0.15, 0.2) is 24.4 Å². The molecular formula is C13H16N2O2. The number of hydrogen-bond acceptors (Lipinski definition) is 3. The minimum absolute atomic E-state index is 0.00160. The fourth-order valence-corrected chi connectivity index (χ4v) is 2.45. The Morgan fingerprint density at radius 3 is 2.88 bits per heavy atom. The standard InChI is InChI=1S/C13H16N2O2/c16-9-10-1-2-13-12(14-10)3-6-15(13)11-4-7-17-8-5-11/h1-3,6,11,16H,4-5,7-9H2. The van der Waals surface area contributed by atoms with Crippen molar-refractivity contribution in [3.05, 3.63) is 30.1 Å². The van der Waals surface area contributed by atoms with Gasteiger partial charge in [-0.15, -0.1) is 0 Å². The van der Waals surface area contributed by atoms with Crippen molar-refractivity contribution in [2.24, 2.45) is 0 Å². The SMILES string of the molecule is OCc1ccc2c(ccn2C2CCOCC2)n1. The normalized spacial score (nSPS) is 17.7. The van der Waals surface area contributed by atoms with E-state index in [0.717, 1.165) is 42.8 Å². The molecule has 0 amide bonds. The highest BCUT2D eigenvalue weighted by atomic mass is 16.5. The van der Waals surface area contributed by atoms with E-state index in [0.29, 0.717) is 6.04 Å². The van der Waals surface area contributed by atoms with Crippen LogP contribution >= 0.6 is 0 Å². The Balaban J connectivity index is 1.99. The van der Waals surface area contributed by atoms with E-state index in [-0.39, 0.29) is 6.61 Å². The molecular weight excluding hydrogens is 216 g/mol. The zero-order valence-corrected chi connectivity index (χ0v) is 9.67. The Labute approximate surface area is 99.8 Å². The van der Waals surface area contributed by atoms with Crippen LogP contribution in [0.2, 0.25) is 0 Å². The van der Waals surface area contributed by atoms with Gasteiger partial charge in [-0.1, -0.05) is 0 Å². The minimum Gasteiger partial charge on any atom is -0.390 e. The predicted molar refractivity (Wildman–Crippen MR) is 64.7 cm³/mol. The Hall–Kier alpha value is -1.39. The van der Waals surface area contributed by atoms with Crippen LogP contribution in [0.4, 0.5) is 0 Å². The highest BCUT2D eigenvalue weighted by molar-refractivity contribution is 5.76. The van der Waals surface area contributed by atoms with E-state index in [4.69, 9.17) is 9.84 Å². The molecule has 1 aliphatic rings. The molecule has 4 nitrogen and oxygen atoms in total. The van der Waals surface area contributed by atoms with Crippen LogP contribution in [0.1, 0.15) is 24.6 Å². The molecule has 0 spiro atoms. The van der Waals surface area contributed by atoms with E-state index in [1.54, 1.807) is 0 Å². The van der Waals surface area contributed by atoms with Crippen LogP contribution < -0.4 is 0 Å². The summed E-state index contributed by atoms with van der Waals surface area (Å²) < 4.78 is 7.67. The Morgan fingerprint density at radius 1 is 1.29 bits per heavy atom. The average Bonchev–Trinajstić information content (AvgIpc) is 2.82. The second-order valence-corrected chi connectivity index (χ2v) is 4.43. The molecule has 0 bridgehead atoms. The first-order valence-corrected chi connectivity index (χ1v) is 6.03. The van der Waals surface area contributed by atoms with Gasteiger partial charge in [0.25, 0.3) is 0 Å². The van der Waals surface area contributed by atoms with Gasteiger partial charge < -0.3 is 14.4 Å². The van der Waals surface area contributed by atoms with Gasteiger partial charge in [-0.25, -0.2) is 4.98 Å². The highest BCUT2D eigenvalue weighted by Gasteiger charge is 2.17. The van der Waals surface area contributed by atoms with E-state index in [1.165, 1.54) is 0 Å². The quantitative estimate of drug-likeness (QED) is 0.860. The summed E-state index contributed by atoms with van der Waals surface area (Å²) in [5.41, 5.74) is 2.83. The van der Waals surface area contributed by atoms with Gasteiger partial charge in [0.05, 0.1) is 23.3 Å². The predicted octanol–water partition coefficient (Wildman–Crippen LogP) is 1.88. The maximum Gasteiger partial charge on any atom is 0.0885 e. The largest absolute Gasteiger partial charge is 0.390 e. The lowest BCUT2D eigenvalue weighted by Gasteiger charge is -2.24. The van der Waals surface area contributed by atoms with Gasteiger partial charge in [-0.05, 0) is 31.0 Å². The van der Waals surface area contributed by atoms with E-state index in [9.17, 15) is 0 Å². The van der Waals surface area contributed by atoms with Crippen LogP contribution in [0.5, 0.6) is 0 Å². The zero-order valence-electron chi connectivity index (χ0n) is 9.67. The molecule has 0 aromatic carbocycles. The van der Waals surface area contributed by atoms with Gasteiger partial charge in [0, 0.05) is 25.5 Å². The van der Waals surface area contributed by atoms with Crippen molar-refractivity contribution >= 4 is 11.0 Å². The first kappa shape index (κ1) is 10.7. The molecule has 0 unspecified atom stereocenters. The second kappa shape index (κ2) is 4.47. The third-order valence-electron chi connectivity index (χ3n) is 3.38. The number of nitrogens with zero attached hydrogens (tertiary/aromatic N) is 2. The lowest BCUT2D eigenvalue weighted by Crippen LogP contribution is -2.18. The van der Waals surface area contributed by atoms with Gasteiger partial charge in [0.15, 0.2) is 0 Å². The minimum atomic E-state index is -0.00160. The molecule has 0 saturated carbocycles. The highest BCUT2D eigenvalue weighted by Crippen LogP contribution is 2.26. The smallest absolute Gasteiger partial charge is 0.0885 e. The molecule has 1 aliphatic heterocycles. The van der Waals surface area contributed by atoms with Crippen LogP contribution in [0, 0.1) is 0 Å². The van der Waals surface area contributed by atoms with Crippen molar-refractivity contribution in [3.63, 3.8) is 0 Å². The summed E-state index contributed by atoms with van der Waals surface area (Å²) in [6.07, 6.45) is 4.21. The van der Waals surface area contributed by atoms with Crippen LogP contribution in [0.3, 0.4) is 0 Å². The summed E-state index contributed by atoms with van der Waals surface area (Å²) >= 11 is 0. The summed E-state index contributed by atoms with van der Waals surface area (Å²) in [7, 11) is 0.